The van der Waals surface area contributed by atoms with E-state index < -0.39 is 0 Å². The van der Waals surface area contributed by atoms with Crippen LogP contribution in [0.5, 0.6) is 0 Å². The van der Waals surface area contributed by atoms with Gasteiger partial charge in [-0.1, -0.05) is 22.6 Å². The summed E-state index contributed by atoms with van der Waals surface area (Å²) in [4.78, 5) is 21.8. The number of alkyl halides is 1. The highest BCUT2D eigenvalue weighted by Gasteiger charge is 1.99. The molecule has 0 aromatic heterocycles. The second kappa shape index (κ2) is 19.0. The summed E-state index contributed by atoms with van der Waals surface area (Å²) < 4.78 is 26.2. The SMILES string of the molecule is COC(=O)CCOCCOCCOCCOCCNCC(=O)CI. The molecule has 9 heteroatoms. The van der Waals surface area contributed by atoms with Gasteiger partial charge in [-0.3, -0.25) is 9.59 Å². The molecule has 0 bridgehead atoms. The van der Waals surface area contributed by atoms with E-state index in [-0.39, 0.29) is 18.2 Å². The van der Waals surface area contributed by atoms with Gasteiger partial charge in [0.05, 0.1) is 77.4 Å². The molecule has 0 unspecified atom stereocenters. The fraction of sp³-hybridized carbons (Fsp3) is 0.867. The van der Waals surface area contributed by atoms with Gasteiger partial charge in [-0.2, -0.15) is 0 Å². The highest BCUT2D eigenvalue weighted by molar-refractivity contribution is 14.1. The van der Waals surface area contributed by atoms with Crippen LogP contribution >= 0.6 is 22.6 Å². The third-order valence-electron chi connectivity index (χ3n) is 2.69. The van der Waals surface area contributed by atoms with Gasteiger partial charge in [0.15, 0.2) is 5.78 Å². The number of methoxy groups -OCH3 is 1. The minimum absolute atomic E-state index is 0.188. The smallest absolute Gasteiger partial charge is 0.307 e. The first-order chi connectivity index (χ1) is 11.7. The summed E-state index contributed by atoms with van der Waals surface area (Å²) in [7, 11) is 1.35. The topological polar surface area (TPSA) is 92.3 Å². The van der Waals surface area contributed by atoms with Crippen LogP contribution in [0.15, 0.2) is 0 Å². The summed E-state index contributed by atoms with van der Waals surface area (Å²) >= 11 is 2.05. The predicted molar refractivity (Wildman–Crippen MR) is 96.7 cm³/mol. The first kappa shape index (κ1) is 23.7. The Hall–Kier alpha value is -0.330. The van der Waals surface area contributed by atoms with E-state index in [2.05, 4.69) is 10.1 Å². The highest BCUT2D eigenvalue weighted by atomic mass is 127. The van der Waals surface area contributed by atoms with Crippen molar-refractivity contribution in [2.45, 2.75) is 6.42 Å². The Balaban J connectivity index is 3.05. The van der Waals surface area contributed by atoms with Gasteiger partial charge < -0.3 is 29.0 Å². The predicted octanol–water partition coefficient (Wildman–Crippen LogP) is 0.210. The fourth-order valence-corrected chi connectivity index (χ4v) is 1.71. The van der Waals surface area contributed by atoms with E-state index in [0.717, 1.165) is 0 Å². The molecule has 142 valence electrons. The maximum Gasteiger partial charge on any atom is 0.307 e. The van der Waals surface area contributed by atoms with E-state index in [4.69, 9.17) is 18.9 Å². The Labute approximate surface area is 157 Å². The number of hydrogen-bond acceptors (Lipinski definition) is 8. The average molecular weight is 461 g/mol. The molecule has 0 spiro atoms. The number of esters is 1. The van der Waals surface area contributed by atoms with Gasteiger partial charge in [-0.15, -0.1) is 0 Å². The molecule has 8 nitrogen and oxygen atoms in total. The monoisotopic (exact) mass is 461 g/mol. The van der Waals surface area contributed by atoms with Gasteiger partial charge in [-0.25, -0.2) is 0 Å². The van der Waals surface area contributed by atoms with Crippen molar-refractivity contribution in [3.8, 4) is 0 Å². The molecule has 0 atom stereocenters. The largest absolute Gasteiger partial charge is 0.469 e. The molecule has 0 saturated heterocycles. The van der Waals surface area contributed by atoms with E-state index in [9.17, 15) is 9.59 Å². The summed E-state index contributed by atoms with van der Waals surface area (Å²) in [5.41, 5.74) is 0. The van der Waals surface area contributed by atoms with Crippen LogP contribution in [0.4, 0.5) is 0 Å². The normalized spacial score (nSPS) is 10.8. The van der Waals surface area contributed by atoms with Crippen molar-refractivity contribution in [2.24, 2.45) is 0 Å². The molecule has 0 aliphatic rings. The first-order valence-corrected chi connectivity index (χ1v) is 9.39. The molecule has 0 aliphatic carbocycles. The van der Waals surface area contributed by atoms with Crippen LogP contribution in [0.3, 0.4) is 0 Å². The Bertz CT molecular complexity index is 288. The quantitative estimate of drug-likeness (QED) is 0.134. The molecule has 0 radical (unpaired) electrons. The standard InChI is InChI=1S/C15H28INO7/c1-20-15(19)2-4-21-6-8-23-10-11-24-9-7-22-5-3-17-13-14(18)12-16/h17H,2-13H2,1H3. The summed E-state index contributed by atoms with van der Waals surface area (Å²) in [5.74, 6) is -0.0933. The van der Waals surface area contributed by atoms with Crippen molar-refractivity contribution in [1.82, 2.24) is 5.32 Å². The number of carbonyl (C=O) groups excluding carboxylic acids is 2. The van der Waals surface area contributed by atoms with Crippen molar-refractivity contribution in [3.63, 3.8) is 0 Å². The van der Waals surface area contributed by atoms with Crippen molar-refractivity contribution >= 4 is 34.3 Å². The lowest BCUT2D eigenvalue weighted by Crippen LogP contribution is -2.27. The number of ether oxygens (including phenoxy) is 5. The third-order valence-corrected chi connectivity index (χ3v) is 3.54. The van der Waals surface area contributed by atoms with Crippen LogP contribution < -0.4 is 5.32 Å². The van der Waals surface area contributed by atoms with Crippen molar-refractivity contribution in [3.05, 3.63) is 0 Å². The first-order valence-electron chi connectivity index (χ1n) is 7.87. The van der Waals surface area contributed by atoms with Crippen LogP contribution in [0.2, 0.25) is 0 Å². The van der Waals surface area contributed by atoms with Crippen molar-refractivity contribution < 1.29 is 33.3 Å². The van der Waals surface area contributed by atoms with E-state index >= 15 is 0 Å². The molecule has 24 heavy (non-hydrogen) atoms. The molecule has 0 fully saturated rings. The lowest BCUT2D eigenvalue weighted by Gasteiger charge is -2.07. The molecule has 0 rings (SSSR count). The van der Waals surface area contributed by atoms with E-state index in [1.165, 1.54) is 7.11 Å². The lowest BCUT2D eigenvalue weighted by atomic mass is 10.4. The van der Waals surface area contributed by atoms with Gasteiger partial charge in [0.1, 0.15) is 0 Å². The molecule has 0 aromatic rings. The van der Waals surface area contributed by atoms with E-state index in [1.54, 1.807) is 0 Å². The maximum atomic E-state index is 11.0. The Morgan fingerprint density at radius 2 is 1.33 bits per heavy atom. The number of rotatable bonds is 18. The van der Waals surface area contributed by atoms with Crippen LogP contribution in [0, 0.1) is 0 Å². The van der Waals surface area contributed by atoms with Crippen LogP contribution in [0.25, 0.3) is 0 Å². The summed E-state index contributed by atoms with van der Waals surface area (Å²) in [6.45, 7) is 4.84. The molecule has 1 N–H and O–H groups in total. The Kier molecular flexibility index (Phi) is 18.7. The Morgan fingerprint density at radius 1 is 0.833 bits per heavy atom. The molecule has 0 amide bonds. The highest BCUT2D eigenvalue weighted by Crippen LogP contribution is 1.87. The van der Waals surface area contributed by atoms with Gasteiger partial charge in [0, 0.05) is 6.54 Å². The molecule has 0 heterocycles. The second-order valence-corrected chi connectivity index (χ2v) is 5.39. The van der Waals surface area contributed by atoms with E-state index in [0.29, 0.717) is 70.4 Å². The number of ketones is 1. The minimum atomic E-state index is -0.281. The molecule has 0 saturated carbocycles. The Morgan fingerprint density at radius 3 is 1.83 bits per heavy atom. The molecule has 0 aromatic carbocycles. The molecular formula is C15H28INO7. The summed E-state index contributed by atoms with van der Waals surface area (Å²) in [6, 6.07) is 0. The van der Waals surface area contributed by atoms with Crippen molar-refractivity contribution in [1.29, 1.82) is 0 Å². The maximum absolute atomic E-state index is 11.0. The summed E-state index contributed by atoms with van der Waals surface area (Å²) in [6.07, 6.45) is 0.254. The van der Waals surface area contributed by atoms with Gasteiger partial charge in [0.2, 0.25) is 0 Å². The zero-order chi connectivity index (χ0) is 17.9. The minimum Gasteiger partial charge on any atom is -0.469 e. The third kappa shape index (κ3) is 18.0. The van der Waals surface area contributed by atoms with Gasteiger partial charge in [-0.05, 0) is 0 Å². The number of halogens is 1. The average Bonchev–Trinajstić information content (AvgIpc) is 2.60. The van der Waals surface area contributed by atoms with E-state index in [1.807, 2.05) is 22.6 Å². The van der Waals surface area contributed by atoms with Crippen LogP contribution in [-0.4, -0.2) is 89.2 Å². The molecular weight excluding hydrogens is 433 g/mol. The van der Waals surface area contributed by atoms with Gasteiger partial charge >= 0.3 is 5.97 Å². The zero-order valence-corrected chi connectivity index (χ0v) is 16.4. The lowest BCUT2D eigenvalue weighted by molar-refractivity contribution is -0.142. The fourth-order valence-electron chi connectivity index (χ4n) is 1.44. The van der Waals surface area contributed by atoms with Crippen LogP contribution in [-0.2, 0) is 33.3 Å². The van der Waals surface area contributed by atoms with Gasteiger partial charge in [0.25, 0.3) is 0 Å². The number of Topliss-reactive ketones (excluding diaryl/α,β-unsaturated/α-hetero) is 1. The van der Waals surface area contributed by atoms with Crippen LogP contribution in [0.1, 0.15) is 6.42 Å². The van der Waals surface area contributed by atoms with Crippen molar-refractivity contribution in [2.75, 3.05) is 77.5 Å². The summed E-state index contributed by atoms with van der Waals surface area (Å²) in [5, 5.41) is 3.01. The second-order valence-electron chi connectivity index (χ2n) is 4.62. The number of carbonyl (C=O) groups is 2. The number of nitrogens with one attached hydrogen (secondary N) is 1. The zero-order valence-electron chi connectivity index (χ0n) is 14.2. The molecule has 0 aliphatic heterocycles. The number of hydrogen-bond donors (Lipinski definition) is 1.